The van der Waals surface area contributed by atoms with Gasteiger partial charge in [0.05, 0.1) is 6.61 Å². The molecule has 0 aliphatic carbocycles. The van der Waals surface area contributed by atoms with Crippen molar-refractivity contribution in [2.45, 2.75) is 58.3 Å². The van der Waals surface area contributed by atoms with Gasteiger partial charge in [0, 0.05) is 10.6 Å². The number of hydrogen-bond donors (Lipinski definition) is 0. The maximum Gasteiger partial charge on any atom is 0.119 e. The van der Waals surface area contributed by atoms with Crippen LogP contribution in [-0.2, 0) is 0 Å². The fourth-order valence-corrected chi connectivity index (χ4v) is 4.19. The van der Waals surface area contributed by atoms with Crippen LogP contribution in [-0.4, -0.2) is 12.4 Å². The van der Waals surface area contributed by atoms with Crippen LogP contribution >= 0.6 is 21.6 Å². The van der Waals surface area contributed by atoms with Crippen molar-refractivity contribution in [1.82, 2.24) is 0 Å². The van der Waals surface area contributed by atoms with Crippen LogP contribution in [0, 0.1) is 11.8 Å². The van der Waals surface area contributed by atoms with Crippen LogP contribution in [0.5, 0.6) is 5.75 Å². The third-order valence-electron chi connectivity index (χ3n) is 3.60. The molecule has 0 amide bonds. The first-order valence-corrected chi connectivity index (χ1v) is 10.5. The van der Waals surface area contributed by atoms with Gasteiger partial charge >= 0.3 is 0 Å². The summed E-state index contributed by atoms with van der Waals surface area (Å²) in [4.78, 5) is 1.31. The summed E-state index contributed by atoms with van der Waals surface area (Å²) in [6.07, 6.45) is 5.07. The lowest BCUT2D eigenvalue weighted by Crippen LogP contribution is -2.17. The SMILES string of the molecule is CCCCC(COc1ccc(SSCCC)cc1)C(C)C. The van der Waals surface area contributed by atoms with E-state index in [1.165, 1.54) is 36.3 Å². The maximum absolute atomic E-state index is 5.99. The molecule has 0 aromatic heterocycles. The van der Waals surface area contributed by atoms with Crippen molar-refractivity contribution >= 4 is 21.6 Å². The van der Waals surface area contributed by atoms with Crippen LogP contribution in [0.1, 0.15) is 53.4 Å². The van der Waals surface area contributed by atoms with E-state index in [4.69, 9.17) is 4.74 Å². The Morgan fingerprint density at radius 2 is 1.76 bits per heavy atom. The van der Waals surface area contributed by atoms with E-state index in [2.05, 4.69) is 52.0 Å². The number of ether oxygens (including phenoxy) is 1. The fourth-order valence-electron chi connectivity index (χ4n) is 2.06. The lowest BCUT2D eigenvalue weighted by atomic mass is 9.91. The van der Waals surface area contributed by atoms with Crippen LogP contribution in [0.2, 0.25) is 0 Å². The molecular weight excluding hydrogens is 296 g/mol. The van der Waals surface area contributed by atoms with Crippen molar-refractivity contribution < 1.29 is 4.74 Å². The van der Waals surface area contributed by atoms with Gasteiger partial charge in [0.1, 0.15) is 5.75 Å². The molecule has 120 valence electrons. The molecule has 1 atom stereocenters. The number of unbranched alkanes of at least 4 members (excludes halogenated alkanes) is 1. The molecule has 21 heavy (non-hydrogen) atoms. The Bertz CT molecular complexity index is 362. The normalized spacial score (nSPS) is 12.6. The van der Waals surface area contributed by atoms with Crippen LogP contribution in [0.3, 0.4) is 0 Å². The molecule has 1 aromatic rings. The van der Waals surface area contributed by atoms with E-state index in [9.17, 15) is 0 Å². The summed E-state index contributed by atoms with van der Waals surface area (Å²) in [6, 6.07) is 8.54. The second kappa shape index (κ2) is 11.3. The Morgan fingerprint density at radius 1 is 1.05 bits per heavy atom. The van der Waals surface area contributed by atoms with E-state index >= 15 is 0 Å². The van der Waals surface area contributed by atoms with E-state index < -0.39 is 0 Å². The molecule has 0 heterocycles. The highest BCUT2D eigenvalue weighted by Crippen LogP contribution is 2.32. The van der Waals surface area contributed by atoms with Crippen molar-refractivity contribution in [3.8, 4) is 5.75 Å². The second-order valence-corrected chi connectivity index (χ2v) is 8.32. The molecular formula is C18H30OS2. The molecule has 1 unspecified atom stereocenters. The van der Waals surface area contributed by atoms with Gasteiger partial charge in [0.25, 0.3) is 0 Å². The van der Waals surface area contributed by atoms with E-state index in [1.54, 1.807) is 0 Å². The fraction of sp³-hybridized carbons (Fsp3) is 0.667. The van der Waals surface area contributed by atoms with Crippen LogP contribution in [0.15, 0.2) is 29.2 Å². The molecule has 3 heteroatoms. The highest BCUT2D eigenvalue weighted by atomic mass is 33.1. The lowest BCUT2D eigenvalue weighted by molar-refractivity contribution is 0.197. The maximum atomic E-state index is 5.99. The average Bonchev–Trinajstić information content (AvgIpc) is 2.48. The molecule has 1 nitrogen and oxygen atoms in total. The van der Waals surface area contributed by atoms with Gasteiger partial charge in [-0.2, -0.15) is 0 Å². The molecule has 0 aliphatic rings. The van der Waals surface area contributed by atoms with Crippen molar-refractivity contribution in [3.05, 3.63) is 24.3 Å². The zero-order valence-electron chi connectivity index (χ0n) is 13.9. The second-order valence-electron chi connectivity index (χ2n) is 5.83. The minimum Gasteiger partial charge on any atom is -0.493 e. The summed E-state index contributed by atoms with van der Waals surface area (Å²) >= 11 is 0. The van der Waals surface area contributed by atoms with Gasteiger partial charge in [-0.25, -0.2) is 0 Å². The van der Waals surface area contributed by atoms with Gasteiger partial charge < -0.3 is 4.74 Å². The van der Waals surface area contributed by atoms with Gasteiger partial charge in [-0.3, -0.25) is 0 Å². The molecule has 0 saturated heterocycles. The van der Waals surface area contributed by atoms with Crippen LogP contribution in [0.25, 0.3) is 0 Å². The van der Waals surface area contributed by atoms with Crippen molar-refractivity contribution in [3.63, 3.8) is 0 Å². The number of hydrogen-bond acceptors (Lipinski definition) is 3. The summed E-state index contributed by atoms with van der Waals surface area (Å²) in [6.45, 7) is 9.91. The van der Waals surface area contributed by atoms with Crippen LogP contribution < -0.4 is 4.74 Å². The highest BCUT2D eigenvalue weighted by Gasteiger charge is 2.13. The molecule has 0 aliphatic heterocycles. The molecule has 0 N–H and O–H groups in total. The van der Waals surface area contributed by atoms with Gasteiger partial charge in [0.15, 0.2) is 0 Å². The monoisotopic (exact) mass is 326 g/mol. The van der Waals surface area contributed by atoms with Crippen molar-refractivity contribution in [2.24, 2.45) is 11.8 Å². The van der Waals surface area contributed by atoms with E-state index in [0.29, 0.717) is 11.8 Å². The molecule has 0 saturated carbocycles. The molecule has 1 rings (SSSR count). The first kappa shape index (κ1) is 18.8. The van der Waals surface area contributed by atoms with Gasteiger partial charge in [-0.1, -0.05) is 62.1 Å². The Balaban J connectivity index is 2.39. The third-order valence-corrected chi connectivity index (χ3v) is 6.19. The largest absolute Gasteiger partial charge is 0.493 e. The molecule has 1 aromatic carbocycles. The topological polar surface area (TPSA) is 9.23 Å². The zero-order chi connectivity index (χ0) is 15.5. The zero-order valence-corrected chi connectivity index (χ0v) is 15.6. The third kappa shape index (κ3) is 8.06. The lowest BCUT2D eigenvalue weighted by Gasteiger charge is -2.21. The summed E-state index contributed by atoms with van der Waals surface area (Å²) in [7, 11) is 3.77. The molecule has 0 radical (unpaired) electrons. The predicted molar refractivity (Wildman–Crippen MR) is 98.4 cm³/mol. The summed E-state index contributed by atoms with van der Waals surface area (Å²) in [5, 5.41) is 0. The Kier molecular flexibility index (Phi) is 10.1. The first-order valence-electron chi connectivity index (χ1n) is 8.19. The minimum absolute atomic E-state index is 0.666. The average molecular weight is 327 g/mol. The van der Waals surface area contributed by atoms with Gasteiger partial charge in [-0.15, -0.1) is 0 Å². The summed E-state index contributed by atoms with van der Waals surface area (Å²) < 4.78 is 5.99. The van der Waals surface area contributed by atoms with Crippen molar-refractivity contribution in [2.75, 3.05) is 12.4 Å². The van der Waals surface area contributed by atoms with Crippen LogP contribution in [0.4, 0.5) is 0 Å². The van der Waals surface area contributed by atoms with Gasteiger partial charge in [-0.05, 0) is 48.9 Å². The molecule has 0 bridgehead atoms. The molecule has 0 spiro atoms. The van der Waals surface area contributed by atoms with Crippen molar-refractivity contribution in [1.29, 1.82) is 0 Å². The van der Waals surface area contributed by atoms with Gasteiger partial charge in [0.2, 0.25) is 0 Å². The molecule has 0 fully saturated rings. The minimum atomic E-state index is 0.666. The quantitative estimate of drug-likeness (QED) is 0.331. The van der Waals surface area contributed by atoms with E-state index in [0.717, 1.165) is 12.4 Å². The predicted octanol–water partition coefficient (Wildman–Crippen LogP) is 6.68. The summed E-state index contributed by atoms with van der Waals surface area (Å²) in [5.74, 6) is 3.56. The Hall–Kier alpha value is -0.280. The van der Waals surface area contributed by atoms with E-state index in [1.807, 2.05) is 21.6 Å². The van der Waals surface area contributed by atoms with E-state index in [-0.39, 0.29) is 0 Å². The smallest absolute Gasteiger partial charge is 0.119 e. The summed E-state index contributed by atoms with van der Waals surface area (Å²) in [5.41, 5.74) is 0. The standard InChI is InChI=1S/C18H30OS2/c1-5-7-8-16(15(3)4)14-19-17-9-11-18(12-10-17)21-20-13-6-2/h9-12,15-16H,5-8,13-14H2,1-4H3. The number of benzene rings is 1. The Morgan fingerprint density at radius 3 is 2.33 bits per heavy atom. The Labute approximate surface area is 139 Å². The number of rotatable bonds is 11. The highest BCUT2D eigenvalue weighted by molar-refractivity contribution is 8.76. The first-order chi connectivity index (χ1) is 10.2.